The number of aliphatic hydroxyl groups excluding tert-OH is 2. The molecule has 0 aliphatic carbocycles. The maximum Gasteiger partial charge on any atom is 0.220 e. The Balaban J connectivity index is 3.64. The fraction of sp³-hybridized carbons (Fsp3) is 0.717. The summed E-state index contributed by atoms with van der Waals surface area (Å²) in [5.41, 5.74) is 0. The SMILES string of the molecule is CC/C=C\C/C=C\C/C=C\C/C=C\C/C=C\C/C=C\CCCCCCC(=O)NC(CO)C(O)/C=C/CCCCCCCCCCCCCCCCCCCCCC. The summed E-state index contributed by atoms with van der Waals surface area (Å²) in [5, 5.41) is 23.1. The Kier molecular flexibility index (Phi) is 45.9. The van der Waals surface area contributed by atoms with Crippen LogP contribution < -0.4 is 5.32 Å². The molecule has 328 valence electrons. The number of rotatable bonds is 43. The standard InChI is InChI=1S/C53H93NO3/c1-3-5-7-9-11-13-15-17-19-21-23-25-27-29-31-33-35-37-39-41-43-45-47-49-53(57)54-51(50-55)52(56)48-46-44-42-40-38-36-34-32-30-28-26-24-22-20-18-16-14-12-10-8-6-4-2/h5,7,11,13,17,19,23,25,29,31,35,37,46,48,51-52,55-56H,3-4,6,8-10,12,14-16,18,20-22,24,26-28,30,32-34,36,38-45,47,49-50H2,1-2H3,(H,54,57)/b7-5-,13-11-,19-17-,25-23-,31-29-,37-35-,48-46+. The molecule has 0 radical (unpaired) electrons. The first-order chi connectivity index (χ1) is 28.2. The molecule has 0 bridgehead atoms. The van der Waals surface area contributed by atoms with E-state index in [0.29, 0.717) is 6.42 Å². The minimum Gasteiger partial charge on any atom is -0.394 e. The quantitative estimate of drug-likeness (QED) is 0.0425. The number of carbonyl (C=O) groups is 1. The zero-order valence-corrected chi connectivity index (χ0v) is 37.6. The van der Waals surface area contributed by atoms with Crippen molar-refractivity contribution < 1.29 is 15.0 Å². The van der Waals surface area contributed by atoms with Crippen LogP contribution in [-0.4, -0.2) is 34.9 Å². The molecular formula is C53H93NO3. The van der Waals surface area contributed by atoms with Gasteiger partial charge in [0, 0.05) is 6.42 Å². The van der Waals surface area contributed by atoms with E-state index < -0.39 is 12.1 Å². The predicted octanol–water partition coefficient (Wildman–Crippen LogP) is 15.6. The number of unbranched alkanes of at least 4 members (excludes halogenated alkanes) is 24. The Hall–Kier alpha value is -2.43. The van der Waals surface area contributed by atoms with E-state index in [0.717, 1.165) is 83.5 Å². The number of nitrogens with one attached hydrogen (secondary N) is 1. The zero-order chi connectivity index (χ0) is 41.4. The summed E-state index contributed by atoms with van der Waals surface area (Å²) in [7, 11) is 0. The Morgan fingerprint density at radius 3 is 1.16 bits per heavy atom. The van der Waals surface area contributed by atoms with Crippen molar-refractivity contribution in [3.8, 4) is 0 Å². The topological polar surface area (TPSA) is 69.6 Å². The van der Waals surface area contributed by atoms with Crippen LogP contribution in [0.3, 0.4) is 0 Å². The van der Waals surface area contributed by atoms with Crippen molar-refractivity contribution in [2.75, 3.05) is 6.61 Å². The highest BCUT2D eigenvalue weighted by Crippen LogP contribution is 2.15. The number of allylic oxidation sites excluding steroid dienone is 13. The number of hydrogen-bond donors (Lipinski definition) is 3. The van der Waals surface area contributed by atoms with Crippen LogP contribution in [0.15, 0.2) is 85.1 Å². The van der Waals surface area contributed by atoms with E-state index in [4.69, 9.17) is 0 Å². The molecule has 0 spiro atoms. The van der Waals surface area contributed by atoms with E-state index in [9.17, 15) is 15.0 Å². The van der Waals surface area contributed by atoms with Crippen molar-refractivity contribution in [2.24, 2.45) is 0 Å². The average molecular weight is 792 g/mol. The third-order valence-electron chi connectivity index (χ3n) is 10.6. The van der Waals surface area contributed by atoms with Crippen molar-refractivity contribution in [1.29, 1.82) is 0 Å². The van der Waals surface area contributed by atoms with Crippen molar-refractivity contribution in [1.82, 2.24) is 5.32 Å². The first-order valence-electron chi connectivity index (χ1n) is 24.3. The van der Waals surface area contributed by atoms with E-state index in [1.165, 1.54) is 122 Å². The van der Waals surface area contributed by atoms with Crippen molar-refractivity contribution in [3.63, 3.8) is 0 Å². The molecule has 0 aliphatic rings. The van der Waals surface area contributed by atoms with E-state index in [1.54, 1.807) is 6.08 Å². The third-order valence-corrected chi connectivity index (χ3v) is 10.6. The lowest BCUT2D eigenvalue weighted by Gasteiger charge is -2.20. The summed E-state index contributed by atoms with van der Waals surface area (Å²) in [5.74, 6) is -0.0902. The molecule has 1 amide bonds. The minimum atomic E-state index is -0.856. The monoisotopic (exact) mass is 792 g/mol. The van der Waals surface area contributed by atoms with Crippen LogP contribution in [0.5, 0.6) is 0 Å². The highest BCUT2D eigenvalue weighted by molar-refractivity contribution is 5.76. The van der Waals surface area contributed by atoms with Crippen LogP contribution in [0.1, 0.15) is 226 Å². The third kappa shape index (κ3) is 44.5. The van der Waals surface area contributed by atoms with Crippen molar-refractivity contribution in [3.05, 3.63) is 85.1 Å². The van der Waals surface area contributed by atoms with Crippen molar-refractivity contribution in [2.45, 2.75) is 238 Å². The lowest BCUT2D eigenvalue weighted by atomic mass is 10.0. The maximum atomic E-state index is 12.4. The second kappa shape index (κ2) is 47.9. The van der Waals surface area contributed by atoms with Crippen LogP contribution in [0, 0.1) is 0 Å². The fourth-order valence-corrected chi connectivity index (χ4v) is 6.95. The van der Waals surface area contributed by atoms with Crippen LogP contribution >= 0.6 is 0 Å². The van der Waals surface area contributed by atoms with Gasteiger partial charge < -0.3 is 15.5 Å². The molecule has 4 heteroatoms. The normalized spacial score (nSPS) is 13.7. The van der Waals surface area contributed by atoms with E-state index in [2.05, 4.69) is 92.1 Å². The summed E-state index contributed by atoms with van der Waals surface area (Å²) in [6, 6.07) is -0.642. The molecule has 0 rings (SSSR count). The minimum absolute atomic E-state index is 0.0902. The number of amides is 1. The molecule has 0 saturated carbocycles. The van der Waals surface area contributed by atoms with Gasteiger partial charge in [-0.25, -0.2) is 0 Å². The van der Waals surface area contributed by atoms with E-state index >= 15 is 0 Å². The highest BCUT2D eigenvalue weighted by atomic mass is 16.3. The molecule has 2 atom stereocenters. The number of aliphatic hydroxyl groups is 2. The van der Waals surface area contributed by atoms with Gasteiger partial charge >= 0.3 is 0 Å². The van der Waals surface area contributed by atoms with Gasteiger partial charge in [0.1, 0.15) is 0 Å². The first-order valence-corrected chi connectivity index (χ1v) is 24.3. The molecule has 0 fully saturated rings. The largest absolute Gasteiger partial charge is 0.394 e. The van der Waals surface area contributed by atoms with Crippen LogP contribution in [-0.2, 0) is 4.79 Å². The smallest absolute Gasteiger partial charge is 0.220 e. The second-order valence-electron chi connectivity index (χ2n) is 16.1. The molecule has 0 aromatic carbocycles. The Morgan fingerprint density at radius 2 is 0.772 bits per heavy atom. The molecular weight excluding hydrogens is 699 g/mol. The molecule has 2 unspecified atom stereocenters. The summed E-state index contributed by atoms with van der Waals surface area (Å²) in [4.78, 5) is 12.4. The van der Waals surface area contributed by atoms with Gasteiger partial charge in [0.15, 0.2) is 0 Å². The van der Waals surface area contributed by atoms with Gasteiger partial charge in [-0.1, -0.05) is 234 Å². The summed E-state index contributed by atoms with van der Waals surface area (Å²) < 4.78 is 0. The van der Waals surface area contributed by atoms with Gasteiger partial charge in [-0.3, -0.25) is 4.79 Å². The molecule has 0 aromatic rings. The second-order valence-corrected chi connectivity index (χ2v) is 16.1. The van der Waals surface area contributed by atoms with Gasteiger partial charge in [0.2, 0.25) is 5.91 Å². The lowest BCUT2D eigenvalue weighted by Crippen LogP contribution is -2.45. The molecule has 57 heavy (non-hydrogen) atoms. The zero-order valence-electron chi connectivity index (χ0n) is 37.6. The number of carbonyl (C=O) groups excluding carboxylic acids is 1. The van der Waals surface area contributed by atoms with E-state index in [1.807, 2.05) is 6.08 Å². The van der Waals surface area contributed by atoms with Gasteiger partial charge in [-0.05, 0) is 70.6 Å². The Bertz CT molecular complexity index is 1030. The maximum absolute atomic E-state index is 12.4. The molecule has 0 aliphatic heterocycles. The number of hydrogen-bond acceptors (Lipinski definition) is 3. The highest BCUT2D eigenvalue weighted by Gasteiger charge is 2.17. The fourth-order valence-electron chi connectivity index (χ4n) is 6.95. The molecule has 4 nitrogen and oxygen atoms in total. The predicted molar refractivity (Wildman–Crippen MR) is 253 cm³/mol. The van der Waals surface area contributed by atoms with E-state index in [-0.39, 0.29) is 12.5 Å². The first kappa shape index (κ1) is 54.6. The van der Waals surface area contributed by atoms with Gasteiger partial charge in [-0.2, -0.15) is 0 Å². The van der Waals surface area contributed by atoms with Gasteiger partial charge in [0.25, 0.3) is 0 Å². The molecule has 3 N–H and O–H groups in total. The van der Waals surface area contributed by atoms with Crippen molar-refractivity contribution >= 4 is 5.91 Å². The molecule has 0 aromatic heterocycles. The Morgan fingerprint density at radius 1 is 0.439 bits per heavy atom. The Labute approximate surface area is 354 Å². The summed E-state index contributed by atoms with van der Waals surface area (Å²) in [6.07, 6.45) is 69.9. The summed E-state index contributed by atoms with van der Waals surface area (Å²) in [6.45, 7) is 4.19. The molecule has 0 heterocycles. The lowest BCUT2D eigenvalue weighted by molar-refractivity contribution is -0.123. The molecule has 0 saturated heterocycles. The van der Waals surface area contributed by atoms with Gasteiger partial charge in [0.05, 0.1) is 18.8 Å². The van der Waals surface area contributed by atoms with Crippen LogP contribution in [0.25, 0.3) is 0 Å². The summed E-state index contributed by atoms with van der Waals surface area (Å²) >= 11 is 0. The van der Waals surface area contributed by atoms with Crippen LogP contribution in [0.2, 0.25) is 0 Å². The average Bonchev–Trinajstić information content (AvgIpc) is 3.22. The van der Waals surface area contributed by atoms with Crippen LogP contribution in [0.4, 0.5) is 0 Å². The van der Waals surface area contributed by atoms with Gasteiger partial charge in [-0.15, -0.1) is 0 Å².